The summed E-state index contributed by atoms with van der Waals surface area (Å²) < 4.78 is 14.6. The summed E-state index contributed by atoms with van der Waals surface area (Å²) in [6.07, 6.45) is 1.38. The fourth-order valence-corrected chi connectivity index (χ4v) is 3.61. The molecule has 1 unspecified atom stereocenters. The maximum atomic E-state index is 13.1. The molecule has 2 aromatic carbocycles. The van der Waals surface area contributed by atoms with E-state index in [2.05, 4.69) is 10.4 Å². The highest BCUT2D eigenvalue weighted by molar-refractivity contribution is 5.93. The highest BCUT2D eigenvalue weighted by atomic mass is 19.1. The molecule has 3 aromatic rings. The molecular weight excluding hydrogens is 345 g/mol. The van der Waals surface area contributed by atoms with Gasteiger partial charge in [-0.25, -0.2) is 4.39 Å². The molecule has 1 aliphatic carbocycles. The number of nitrogens with zero attached hydrogens (tertiary/aromatic N) is 2. The summed E-state index contributed by atoms with van der Waals surface area (Å²) in [5.74, 6) is -0.631. The summed E-state index contributed by atoms with van der Waals surface area (Å²) in [4.78, 5) is 12.6. The Hall–Kier alpha value is -2.99. The van der Waals surface area contributed by atoms with E-state index < -0.39 is 5.60 Å². The van der Waals surface area contributed by atoms with Crippen LogP contribution in [-0.2, 0) is 19.1 Å². The van der Waals surface area contributed by atoms with Gasteiger partial charge in [-0.15, -0.1) is 0 Å². The van der Waals surface area contributed by atoms with Crippen molar-refractivity contribution in [1.29, 1.82) is 0 Å². The third kappa shape index (κ3) is 3.24. The van der Waals surface area contributed by atoms with Gasteiger partial charge in [0, 0.05) is 12.6 Å². The maximum Gasteiger partial charge on any atom is 0.269 e. The van der Waals surface area contributed by atoms with E-state index in [9.17, 15) is 14.3 Å². The van der Waals surface area contributed by atoms with Gasteiger partial charge in [-0.1, -0.05) is 24.3 Å². The van der Waals surface area contributed by atoms with Crippen molar-refractivity contribution in [2.75, 3.05) is 6.54 Å². The Kier molecular flexibility index (Phi) is 4.28. The van der Waals surface area contributed by atoms with Crippen molar-refractivity contribution >= 4 is 5.91 Å². The van der Waals surface area contributed by atoms with Gasteiger partial charge in [-0.3, -0.25) is 9.48 Å². The number of carbonyl (C=O) groups excluding carboxylic acids is 1. The lowest BCUT2D eigenvalue weighted by Gasteiger charge is -2.24. The van der Waals surface area contributed by atoms with Crippen LogP contribution in [0.4, 0.5) is 4.39 Å². The first-order valence-electron chi connectivity index (χ1n) is 8.85. The van der Waals surface area contributed by atoms with Crippen LogP contribution in [0.25, 0.3) is 11.3 Å². The Morgan fingerprint density at radius 3 is 2.78 bits per heavy atom. The van der Waals surface area contributed by atoms with Gasteiger partial charge in [0.25, 0.3) is 5.91 Å². The minimum Gasteiger partial charge on any atom is -0.383 e. The van der Waals surface area contributed by atoms with Crippen molar-refractivity contribution < 1.29 is 14.3 Å². The van der Waals surface area contributed by atoms with Crippen molar-refractivity contribution in [2.45, 2.75) is 18.4 Å². The zero-order chi connectivity index (χ0) is 19.0. The quantitative estimate of drug-likeness (QED) is 0.747. The summed E-state index contributed by atoms with van der Waals surface area (Å²) in [7, 11) is 1.68. The molecule has 27 heavy (non-hydrogen) atoms. The zero-order valence-electron chi connectivity index (χ0n) is 14.9. The van der Waals surface area contributed by atoms with E-state index in [0.29, 0.717) is 17.8 Å². The maximum absolute atomic E-state index is 13.1. The lowest BCUT2D eigenvalue weighted by Crippen LogP contribution is -2.39. The summed E-state index contributed by atoms with van der Waals surface area (Å²) in [5, 5.41) is 18.1. The van der Waals surface area contributed by atoms with E-state index in [1.165, 1.54) is 16.8 Å². The summed E-state index contributed by atoms with van der Waals surface area (Å²) in [5.41, 5.74) is 2.65. The zero-order valence-corrected chi connectivity index (χ0v) is 14.9. The van der Waals surface area contributed by atoms with Crippen LogP contribution in [0.3, 0.4) is 0 Å². The number of aliphatic hydroxyl groups is 1. The van der Waals surface area contributed by atoms with Crippen molar-refractivity contribution in [3.63, 3.8) is 0 Å². The minimum absolute atomic E-state index is 0.139. The van der Waals surface area contributed by atoms with Gasteiger partial charge in [0.15, 0.2) is 0 Å². The SMILES string of the molecule is Cn1nc(-c2ccc(F)cc2)cc1C(=O)NCC1(O)CCc2ccccc21. The fourth-order valence-electron chi connectivity index (χ4n) is 3.61. The Labute approximate surface area is 156 Å². The van der Waals surface area contributed by atoms with Crippen LogP contribution >= 0.6 is 0 Å². The van der Waals surface area contributed by atoms with Crippen molar-refractivity contribution in [1.82, 2.24) is 15.1 Å². The Morgan fingerprint density at radius 1 is 1.26 bits per heavy atom. The van der Waals surface area contributed by atoms with E-state index >= 15 is 0 Å². The second kappa shape index (κ2) is 6.63. The van der Waals surface area contributed by atoms with Crippen LogP contribution in [0.5, 0.6) is 0 Å². The summed E-state index contributed by atoms with van der Waals surface area (Å²) in [6, 6.07) is 15.4. The van der Waals surface area contributed by atoms with Crippen LogP contribution in [0.2, 0.25) is 0 Å². The number of aromatic nitrogens is 2. The van der Waals surface area contributed by atoms with Crippen LogP contribution in [-0.4, -0.2) is 27.3 Å². The Bertz CT molecular complexity index is 997. The number of rotatable bonds is 4. The van der Waals surface area contributed by atoms with Crippen LogP contribution in [0.1, 0.15) is 28.0 Å². The number of aryl methyl sites for hydroxylation is 2. The van der Waals surface area contributed by atoms with E-state index in [1.807, 2.05) is 24.3 Å². The highest BCUT2D eigenvalue weighted by Gasteiger charge is 2.36. The predicted molar refractivity (Wildman–Crippen MR) is 99.6 cm³/mol. The molecular formula is C21H20FN3O2. The number of hydrogen-bond donors (Lipinski definition) is 2. The molecule has 0 aliphatic heterocycles. The predicted octanol–water partition coefficient (Wildman–Crippen LogP) is 2.79. The normalized spacial score (nSPS) is 18.3. The third-order valence-corrected chi connectivity index (χ3v) is 5.12. The average molecular weight is 365 g/mol. The fraction of sp³-hybridized carbons (Fsp3) is 0.238. The number of halogens is 1. The molecule has 0 fully saturated rings. The number of carbonyl (C=O) groups is 1. The second-order valence-corrected chi connectivity index (χ2v) is 6.92. The van der Waals surface area contributed by atoms with Crippen LogP contribution in [0.15, 0.2) is 54.6 Å². The smallest absolute Gasteiger partial charge is 0.269 e. The average Bonchev–Trinajstić information content (AvgIpc) is 3.22. The Morgan fingerprint density at radius 2 is 2.00 bits per heavy atom. The molecule has 138 valence electrons. The molecule has 1 aromatic heterocycles. The summed E-state index contributed by atoms with van der Waals surface area (Å²) in [6.45, 7) is 0.139. The molecule has 2 N–H and O–H groups in total. The van der Waals surface area contributed by atoms with Gasteiger partial charge < -0.3 is 10.4 Å². The van der Waals surface area contributed by atoms with Gasteiger partial charge in [0.1, 0.15) is 17.1 Å². The lowest BCUT2D eigenvalue weighted by atomic mass is 9.96. The molecule has 1 heterocycles. The van der Waals surface area contributed by atoms with Crippen molar-refractivity contribution in [3.8, 4) is 11.3 Å². The molecule has 0 saturated carbocycles. The lowest BCUT2D eigenvalue weighted by molar-refractivity contribution is 0.0368. The first-order valence-corrected chi connectivity index (χ1v) is 8.85. The number of nitrogens with one attached hydrogen (secondary N) is 1. The number of benzene rings is 2. The number of hydrogen-bond acceptors (Lipinski definition) is 3. The number of amides is 1. The van der Waals surface area contributed by atoms with E-state index in [1.54, 1.807) is 25.2 Å². The van der Waals surface area contributed by atoms with Crippen molar-refractivity contribution in [3.05, 3.63) is 77.2 Å². The van der Waals surface area contributed by atoms with Gasteiger partial charge >= 0.3 is 0 Å². The van der Waals surface area contributed by atoms with Gasteiger partial charge in [0.2, 0.25) is 0 Å². The van der Waals surface area contributed by atoms with E-state index in [4.69, 9.17) is 0 Å². The third-order valence-electron chi connectivity index (χ3n) is 5.12. The first kappa shape index (κ1) is 17.4. The number of fused-ring (bicyclic) bond motifs is 1. The molecule has 0 bridgehead atoms. The van der Waals surface area contributed by atoms with Crippen molar-refractivity contribution in [2.24, 2.45) is 7.05 Å². The first-order chi connectivity index (χ1) is 13.0. The molecule has 0 radical (unpaired) electrons. The van der Waals surface area contributed by atoms with Gasteiger partial charge in [-0.05, 0) is 54.3 Å². The molecule has 1 aliphatic rings. The molecule has 6 heteroatoms. The van der Waals surface area contributed by atoms with E-state index in [-0.39, 0.29) is 18.3 Å². The van der Waals surface area contributed by atoms with E-state index in [0.717, 1.165) is 23.1 Å². The monoisotopic (exact) mass is 365 g/mol. The second-order valence-electron chi connectivity index (χ2n) is 6.92. The molecule has 0 saturated heterocycles. The topological polar surface area (TPSA) is 67.2 Å². The molecule has 0 spiro atoms. The molecule has 4 rings (SSSR count). The minimum atomic E-state index is -1.05. The van der Waals surface area contributed by atoms with Crippen LogP contribution < -0.4 is 5.32 Å². The molecule has 1 amide bonds. The van der Waals surface area contributed by atoms with Crippen LogP contribution in [0, 0.1) is 5.82 Å². The largest absolute Gasteiger partial charge is 0.383 e. The molecule has 5 nitrogen and oxygen atoms in total. The highest BCUT2D eigenvalue weighted by Crippen LogP contribution is 2.36. The van der Waals surface area contributed by atoms with Gasteiger partial charge in [-0.2, -0.15) is 5.10 Å². The Balaban J connectivity index is 1.50. The molecule has 1 atom stereocenters. The standard InChI is InChI=1S/C21H20FN3O2/c1-25-19(12-18(24-25)15-6-8-16(22)9-7-15)20(26)23-13-21(27)11-10-14-4-2-3-5-17(14)21/h2-9,12,27H,10-11,13H2,1H3,(H,23,26). The summed E-state index contributed by atoms with van der Waals surface area (Å²) >= 11 is 0. The van der Waals surface area contributed by atoms with Gasteiger partial charge in [0.05, 0.1) is 12.2 Å².